The van der Waals surface area contributed by atoms with Gasteiger partial charge in [-0.1, -0.05) is 6.08 Å². The van der Waals surface area contributed by atoms with Crippen LogP contribution >= 0.6 is 11.8 Å². The molecule has 16 heavy (non-hydrogen) atoms. The van der Waals surface area contributed by atoms with E-state index in [1.807, 2.05) is 0 Å². The molecule has 0 aromatic rings. The molecule has 1 aliphatic heterocycles. The van der Waals surface area contributed by atoms with E-state index in [2.05, 4.69) is 11.9 Å². The van der Waals surface area contributed by atoms with Crippen LogP contribution in [-0.4, -0.2) is 52.6 Å². The van der Waals surface area contributed by atoms with E-state index >= 15 is 0 Å². The maximum absolute atomic E-state index is 11.7. The maximum atomic E-state index is 11.7. The van der Waals surface area contributed by atoms with Crippen molar-refractivity contribution in [3.05, 3.63) is 12.7 Å². The Morgan fingerprint density at radius 3 is 2.62 bits per heavy atom. The highest BCUT2D eigenvalue weighted by atomic mass is 32.2. The molecule has 0 spiro atoms. The number of amides is 2. The number of carbonyl (C=O) groups excluding carboxylic acids is 1. The zero-order valence-electron chi connectivity index (χ0n) is 9.02. The van der Waals surface area contributed by atoms with E-state index in [0.29, 0.717) is 13.1 Å². The fraction of sp³-hybridized carbons (Fsp3) is 0.600. The van der Waals surface area contributed by atoms with Crippen LogP contribution in [0.15, 0.2) is 12.7 Å². The number of hydrogen-bond acceptors (Lipinski definition) is 3. The molecule has 2 amide bonds. The molecular weight excluding hydrogens is 228 g/mol. The smallest absolute Gasteiger partial charge is 0.326 e. The Morgan fingerprint density at radius 1 is 1.50 bits per heavy atom. The lowest BCUT2D eigenvalue weighted by Gasteiger charge is -2.27. The summed E-state index contributed by atoms with van der Waals surface area (Å²) >= 11 is 1.80. The Kier molecular flexibility index (Phi) is 5.18. The molecule has 0 aromatic carbocycles. The molecule has 90 valence electrons. The minimum Gasteiger partial charge on any atom is -0.480 e. The quantitative estimate of drug-likeness (QED) is 0.717. The first-order valence-corrected chi connectivity index (χ1v) is 6.27. The van der Waals surface area contributed by atoms with E-state index in [-0.39, 0.29) is 12.5 Å². The van der Waals surface area contributed by atoms with Crippen LogP contribution in [0.2, 0.25) is 0 Å². The number of thioether (sulfide) groups is 1. The van der Waals surface area contributed by atoms with Crippen molar-refractivity contribution in [2.75, 3.05) is 24.6 Å². The van der Waals surface area contributed by atoms with E-state index in [1.165, 1.54) is 6.08 Å². The minimum absolute atomic E-state index is 0.240. The van der Waals surface area contributed by atoms with E-state index in [4.69, 9.17) is 5.11 Å². The molecule has 1 heterocycles. The second-order valence-corrected chi connectivity index (χ2v) is 4.69. The standard InChI is InChI=1S/C10H16N2O3S/c1-2-3-8(9(13)14)11-10(15)12-4-6-16-7-5-12/h2,8H,1,3-7H2,(H,11,15)(H,13,14). The average molecular weight is 244 g/mol. The fourth-order valence-electron chi connectivity index (χ4n) is 1.39. The Morgan fingerprint density at radius 2 is 2.12 bits per heavy atom. The number of hydrogen-bond donors (Lipinski definition) is 2. The Hall–Kier alpha value is -1.17. The molecule has 1 fully saturated rings. The number of carboxylic acids is 1. The first-order chi connectivity index (χ1) is 7.65. The van der Waals surface area contributed by atoms with Gasteiger partial charge >= 0.3 is 12.0 Å². The van der Waals surface area contributed by atoms with Gasteiger partial charge in [-0.3, -0.25) is 0 Å². The third-order valence-corrected chi connectivity index (χ3v) is 3.24. The van der Waals surface area contributed by atoms with Crippen LogP contribution in [0.3, 0.4) is 0 Å². The lowest BCUT2D eigenvalue weighted by molar-refractivity contribution is -0.139. The Labute approximate surface area is 98.9 Å². The third-order valence-electron chi connectivity index (χ3n) is 2.30. The maximum Gasteiger partial charge on any atom is 0.326 e. The van der Waals surface area contributed by atoms with Crippen molar-refractivity contribution < 1.29 is 14.7 Å². The van der Waals surface area contributed by atoms with Crippen LogP contribution in [0.4, 0.5) is 4.79 Å². The number of nitrogens with one attached hydrogen (secondary N) is 1. The van der Waals surface area contributed by atoms with Crippen molar-refractivity contribution >= 4 is 23.8 Å². The fourth-order valence-corrected chi connectivity index (χ4v) is 2.30. The molecule has 1 rings (SSSR count). The Balaban J connectivity index is 2.46. The second-order valence-electron chi connectivity index (χ2n) is 3.46. The van der Waals surface area contributed by atoms with Crippen molar-refractivity contribution in [1.82, 2.24) is 10.2 Å². The van der Waals surface area contributed by atoms with E-state index in [9.17, 15) is 9.59 Å². The molecular formula is C10H16N2O3S. The van der Waals surface area contributed by atoms with Crippen molar-refractivity contribution in [2.24, 2.45) is 0 Å². The predicted octanol–water partition coefficient (Wildman–Crippen LogP) is 0.774. The van der Waals surface area contributed by atoms with Gasteiger partial charge in [-0.25, -0.2) is 9.59 Å². The van der Waals surface area contributed by atoms with Crippen LogP contribution in [0.25, 0.3) is 0 Å². The van der Waals surface area contributed by atoms with Gasteiger partial charge in [-0.2, -0.15) is 11.8 Å². The Bertz CT molecular complexity index is 277. The number of nitrogens with zero attached hydrogens (tertiary/aromatic N) is 1. The second kappa shape index (κ2) is 6.42. The SMILES string of the molecule is C=CCC(NC(=O)N1CCSCC1)C(=O)O. The summed E-state index contributed by atoms with van der Waals surface area (Å²) in [6.45, 7) is 4.83. The molecule has 6 heteroatoms. The van der Waals surface area contributed by atoms with Crippen molar-refractivity contribution in [2.45, 2.75) is 12.5 Å². The first-order valence-electron chi connectivity index (χ1n) is 5.12. The highest BCUT2D eigenvalue weighted by Gasteiger charge is 2.22. The summed E-state index contributed by atoms with van der Waals surface area (Å²) in [6.07, 6.45) is 1.73. The number of urea groups is 1. The summed E-state index contributed by atoms with van der Waals surface area (Å²) in [5, 5.41) is 11.4. The van der Waals surface area contributed by atoms with Crippen LogP contribution in [0, 0.1) is 0 Å². The largest absolute Gasteiger partial charge is 0.480 e. The summed E-state index contributed by atoms with van der Waals surface area (Å²) < 4.78 is 0. The molecule has 0 aliphatic carbocycles. The summed E-state index contributed by atoms with van der Waals surface area (Å²) in [7, 11) is 0. The van der Waals surface area contributed by atoms with Crippen LogP contribution in [0.5, 0.6) is 0 Å². The summed E-state index contributed by atoms with van der Waals surface area (Å²) in [6, 6.07) is -1.17. The highest BCUT2D eigenvalue weighted by molar-refractivity contribution is 7.99. The number of carbonyl (C=O) groups is 2. The molecule has 0 aromatic heterocycles. The molecule has 0 saturated carbocycles. The van der Waals surface area contributed by atoms with Crippen molar-refractivity contribution in [3.63, 3.8) is 0 Å². The number of aliphatic carboxylic acids is 1. The third kappa shape index (κ3) is 3.77. The topological polar surface area (TPSA) is 69.6 Å². The summed E-state index contributed by atoms with van der Waals surface area (Å²) in [5.41, 5.74) is 0. The van der Waals surface area contributed by atoms with Gasteiger partial charge in [0.05, 0.1) is 0 Å². The molecule has 0 bridgehead atoms. The van der Waals surface area contributed by atoms with Crippen LogP contribution in [0.1, 0.15) is 6.42 Å². The minimum atomic E-state index is -1.03. The molecule has 1 unspecified atom stereocenters. The summed E-state index contributed by atoms with van der Waals surface area (Å²) in [4.78, 5) is 24.2. The lowest BCUT2D eigenvalue weighted by atomic mass is 10.2. The molecule has 2 N–H and O–H groups in total. The van der Waals surface area contributed by atoms with Gasteiger partial charge in [0.1, 0.15) is 6.04 Å². The first kappa shape index (κ1) is 12.9. The van der Waals surface area contributed by atoms with Gasteiger partial charge in [0.15, 0.2) is 0 Å². The van der Waals surface area contributed by atoms with Gasteiger partial charge in [0.25, 0.3) is 0 Å². The molecule has 1 atom stereocenters. The number of carboxylic acid groups (broad SMARTS) is 1. The lowest BCUT2D eigenvalue weighted by Crippen LogP contribution is -2.50. The normalized spacial score (nSPS) is 17.6. The zero-order valence-corrected chi connectivity index (χ0v) is 9.83. The molecule has 0 radical (unpaired) electrons. The van der Waals surface area contributed by atoms with Gasteiger partial charge in [0.2, 0.25) is 0 Å². The molecule has 1 aliphatic rings. The molecule has 5 nitrogen and oxygen atoms in total. The van der Waals surface area contributed by atoms with E-state index in [0.717, 1.165) is 11.5 Å². The van der Waals surface area contributed by atoms with Gasteiger partial charge < -0.3 is 15.3 Å². The average Bonchev–Trinajstić information content (AvgIpc) is 2.29. The van der Waals surface area contributed by atoms with Gasteiger partial charge in [-0.15, -0.1) is 6.58 Å². The van der Waals surface area contributed by atoms with Gasteiger partial charge in [0, 0.05) is 24.6 Å². The van der Waals surface area contributed by atoms with E-state index < -0.39 is 12.0 Å². The monoisotopic (exact) mass is 244 g/mol. The number of rotatable bonds is 4. The summed E-state index contributed by atoms with van der Waals surface area (Å²) in [5.74, 6) is 0.791. The molecule has 1 saturated heterocycles. The highest BCUT2D eigenvalue weighted by Crippen LogP contribution is 2.09. The van der Waals surface area contributed by atoms with Gasteiger partial charge in [-0.05, 0) is 6.42 Å². The van der Waals surface area contributed by atoms with Crippen molar-refractivity contribution in [1.29, 1.82) is 0 Å². The van der Waals surface area contributed by atoms with Crippen LogP contribution < -0.4 is 5.32 Å². The van der Waals surface area contributed by atoms with Crippen molar-refractivity contribution in [3.8, 4) is 0 Å². The predicted molar refractivity (Wildman–Crippen MR) is 63.7 cm³/mol. The van der Waals surface area contributed by atoms with Crippen LogP contribution in [-0.2, 0) is 4.79 Å². The zero-order chi connectivity index (χ0) is 12.0. The van der Waals surface area contributed by atoms with E-state index in [1.54, 1.807) is 16.7 Å².